The SMILES string of the molecule is NC(CO)(CCc1ccc(C2=C[I-]C(Cc3ccc(F)cc3)=N2)cc1)COP(=O)(O)O. The Morgan fingerprint density at radius 1 is 1.10 bits per heavy atom. The fourth-order valence-corrected chi connectivity index (χ4v) is 5.55. The molecule has 0 saturated heterocycles. The minimum absolute atomic E-state index is 0.245. The van der Waals surface area contributed by atoms with Gasteiger partial charge in [0.2, 0.25) is 0 Å². The van der Waals surface area contributed by atoms with Crippen LogP contribution in [0, 0.1) is 5.82 Å². The van der Waals surface area contributed by atoms with E-state index in [1.165, 1.54) is 12.1 Å². The molecule has 1 unspecified atom stereocenters. The average molecular weight is 561 g/mol. The van der Waals surface area contributed by atoms with Crippen molar-refractivity contribution in [3.05, 3.63) is 75.1 Å². The van der Waals surface area contributed by atoms with Crippen molar-refractivity contribution in [2.45, 2.75) is 24.8 Å². The number of rotatable bonds is 10. The molecule has 5 N–H and O–H groups in total. The van der Waals surface area contributed by atoms with Crippen LogP contribution in [0.4, 0.5) is 4.39 Å². The van der Waals surface area contributed by atoms with Crippen molar-refractivity contribution in [3.8, 4) is 0 Å². The Balaban J connectivity index is 1.56. The van der Waals surface area contributed by atoms with Gasteiger partial charge in [0.15, 0.2) is 0 Å². The van der Waals surface area contributed by atoms with Gasteiger partial charge < -0.3 is 9.79 Å². The second-order valence-electron chi connectivity index (χ2n) is 7.38. The number of halogens is 2. The molecule has 0 aromatic heterocycles. The van der Waals surface area contributed by atoms with E-state index in [0.29, 0.717) is 12.8 Å². The van der Waals surface area contributed by atoms with Crippen molar-refractivity contribution in [3.63, 3.8) is 0 Å². The van der Waals surface area contributed by atoms with Crippen LogP contribution in [0.5, 0.6) is 0 Å². The molecule has 1 aliphatic rings. The van der Waals surface area contributed by atoms with Gasteiger partial charge in [-0.25, -0.2) is 4.57 Å². The van der Waals surface area contributed by atoms with Gasteiger partial charge in [-0.3, -0.25) is 0 Å². The number of hydrogen-bond donors (Lipinski definition) is 4. The molecule has 1 atom stereocenters. The van der Waals surface area contributed by atoms with Gasteiger partial charge in [-0.2, -0.15) is 0 Å². The Kier molecular flexibility index (Phi) is 8.14. The fourth-order valence-electron chi connectivity index (χ4n) is 2.92. The van der Waals surface area contributed by atoms with Gasteiger partial charge in [-0.05, 0) is 0 Å². The predicted octanol–water partition coefficient (Wildman–Crippen LogP) is -0.400. The van der Waals surface area contributed by atoms with Crippen LogP contribution in [0.15, 0.2) is 57.6 Å². The first-order valence-electron chi connectivity index (χ1n) is 9.50. The van der Waals surface area contributed by atoms with Crippen LogP contribution in [0.3, 0.4) is 0 Å². The van der Waals surface area contributed by atoms with Gasteiger partial charge >= 0.3 is 176 Å². The normalized spacial score (nSPS) is 16.3. The van der Waals surface area contributed by atoms with Crippen molar-refractivity contribution in [2.24, 2.45) is 10.7 Å². The summed E-state index contributed by atoms with van der Waals surface area (Å²) in [4.78, 5) is 22.4. The van der Waals surface area contributed by atoms with E-state index < -0.39 is 26.6 Å². The molecule has 10 heteroatoms. The van der Waals surface area contributed by atoms with Crippen LogP contribution in [0.2, 0.25) is 0 Å². The summed E-state index contributed by atoms with van der Waals surface area (Å²) in [6.07, 6.45) is 1.55. The van der Waals surface area contributed by atoms with Gasteiger partial charge in [0.25, 0.3) is 0 Å². The standard InChI is InChI=1S/C21H24FIN2O5P/c22-18-7-3-16(4-8-18)11-20-23-12-19(25-20)17-5-1-15(2-6-17)9-10-21(24,13-26)14-30-31(27,28)29/h1-8,12,26H,9-11,13-14,24H2,(H2,27,28,29)/q-1. The summed E-state index contributed by atoms with van der Waals surface area (Å²) in [5.41, 5.74) is 8.73. The molecule has 168 valence electrons. The summed E-state index contributed by atoms with van der Waals surface area (Å²) in [5.74, 6) is -0.245. The van der Waals surface area contributed by atoms with Crippen molar-refractivity contribution in [2.75, 3.05) is 13.2 Å². The molecule has 1 aliphatic heterocycles. The van der Waals surface area contributed by atoms with E-state index in [2.05, 4.69) is 8.61 Å². The Morgan fingerprint density at radius 2 is 1.74 bits per heavy atom. The van der Waals surface area contributed by atoms with Crippen LogP contribution in [-0.2, 0) is 21.9 Å². The number of aliphatic hydroxyl groups excluding tert-OH is 1. The molecule has 2 aromatic carbocycles. The van der Waals surface area contributed by atoms with Crippen LogP contribution in [-0.4, -0.2) is 37.4 Å². The summed E-state index contributed by atoms with van der Waals surface area (Å²) < 4.78 is 31.7. The van der Waals surface area contributed by atoms with Gasteiger partial charge in [0, 0.05) is 0 Å². The number of phosphoric acid groups is 1. The summed E-state index contributed by atoms with van der Waals surface area (Å²) >= 11 is -0.299. The summed E-state index contributed by atoms with van der Waals surface area (Å²) in [6, 6.07) is 14.3. The van der Waals surface area contributed by atoms with Crippen LogP contribution in [0.1, 0.15) is 23.1 Å². The smallest absolute Gasteiger partial charge is 0.303 e. The van der Waals surface area contributed by atoms with E-state index in [-0.39, 0.29) is 27.0 Å². The third-order valence-electron chi connectivity index (χ3n) is 4.79. The number of phosphoric ester groups is 1. The Hall–Kier alpha value is -1.46. The molecule has 0 amide bonds. The first-order chi connectivity index (χ1) is 14.7. The molecular formula is C21H24FIN2O5P-. The first kappa shape index (κ1) is 24.2. The van der Waals surface area contributed by atoms with Crippen molar-refractivity contribution >= 4 is 17.2 Å². The summed E-state index contributed by atoms with van der Waals surface area (Å²) in [6.45, 7) is -0.888. The maximum atomic E-state index is 13.1. The topological polar surface area (TPSA) is 125 Å². The predicted molar refractivity (Wildman–Crippen MR) is 112 cm³/mol. The summed E-state index contributed by atoms with van der Waals surface area (Å²) in [5, 5.41) is 9.50. The van der Waals surface area contributed by atoms with Crippen molar-refractivity contribution in [1.82, 2.24) is 0 Å². The van der Waals surface area contributed by atoms with E-state index in [1.54, 1.807) is 12.1 Å². The fraction of sp³-hybridized carbons (Fsp3) is 0.286. The summed E-state index contributed by atoms with van der Waals surface area (Å²) in [7, 11) is -4.64. The Morgan fingerprint density at radius 3 is 2.35 bits per heavy atom. The van der Waals surface area contributed by atoms with Gasteiger partial charge in [-0.1, -0.05) is 0 Å². The number of aliphatic hydroxyl groups is 1. The maximum absolute atomic E-state index is 13.1. The molecule has 0 aliphatic carbocycles. The second-order valence-corrected chi connectivity index (χ2v) is 11.1. The van der Waals surface area contributed by atoms with E-state index in [1.807, 2.05) is 24.3 Å². The molecule has 31 heavy (non-hydrogen) atoms. The minimum Gasteiger partial charge on any atom is -0.303 e. The molecular weight excluding hydrogens is 537 g/mol. The molecule has 0 fully saturated rings. The average Bonchev–Trinajstić information content (AvgIpc) is 3.21. The van der Waals surface area contributed by atoms with E-state index >= 15 is 0 Å². The number of nitrogens with two attached hydrogens (primary N) is 1. The molecule has 0 saturated carbocycles. The Labute approximate surface area is 190 Å². The van der Waals surface area contributed by atoms with E-state index in [0.717, 1.165) is 32.5 Å². The number of aryl methyl sites for hydroxylation is 1. The van der Waals surface area contributed by atoms with Gasteiger partial charge in [-0.15, -0.1) is 0 Å². The molecule has 2 aromatic rings. The zero-order valence-corrected chi connectivity index (χ0v) is 19.7. The monoisotopic (exact) mass is 561 g/mol. The molecule has 7 nitrogen and oxygen atoms in total. The van der Waals surface area contributed by atoms with E-state index in [9.17, 15) is 14.1 Å². The zero-order chi connectivity index (χ0) is 22.5. The van der Waals surface area contributed by atoms with Crippen LogP contribution in [0.25, 0.3) is 5.70 Å². The van der Waals surface area contributed by atoms with Gasteiger partial charge in [0.05, 0.1) is 0 Å². The minimum atomic E-state index is -4.64. The van der Waals surface area contributed by atoms with Crippen LogP contribution < -0.4 is 26.9 Å². The molecule has 0 radical (unpaired) electrons. The van der Waals surface area contributed by atoms with Crippen LogP contribution >= 0.6 is 7.82 Å². The molecule has 0 bridgehead atoms. The van der Waals surface area contributed by atoms with Gasteiger partial charge in [0.1, 0.15) is 0 Å². The first-order valence-corrected chi connectivity index (χ1v) is 13.4. The zero-order valence-electron chi connectivity index (χ0n) is 16.6. The Bertz CT molecular complexity index is 1010. The molecule has 3 rings (SSSR count). The third-order valence-corrected chi connectivity index (χ3v) is 7.49. The number of nitrogens with zero attached hydrogens (tertiary/aromatic N) is 1. The third kappa shape index (κ3) is 7.57. The van der Waals surface area contributed by atoms with E-state index in [4.69, 9.17) is 20.5 Å². The quantitative estimate of drug-likeness (QED) is 0.231. The number of aliphatic imine (C=N–C) groups is 1. The second kappa shape index (κ2) is 10.4. The number of hydrogen-bond acceptors (Lipinski definition) is 5. The van der Waals surface area contributed by atoms with Crippen molar-refractivity contribution in [1.29, 1.82) is 0 Å². The molecule has 1 heterocycles. The number of benzene rings is 2. The molecule has 0 spiro atoms. The van der Waals surface area contributed by atoms with Crippen molar-refractivity contribution < 1.29 is 49.6 Å².